The van der Waals surface area contributed by atoms with E-state index in [1.54, 1.807) is 6.92 Å². The molecule has 0 fully saturated rings. The van der Waals surface area contributed by atoms with Gasteiger partial charge in [-0.1, -0.05) is 0 Å². The number of nitrogens with zero attached hydrogens (tertiary/aromatic N) is 1. The van der Waals surface area contributed by atoms with Crippen molar-refractivity contribution >= 4 is 15.7 Å². The summed E-state index contributed by atoms with van der Waals surface area (Å²) in [6.07, 6.45) is 0. The van der Waals surface area contributed by atoms with Gasteiger partial charge in [0.1, 0.15) is 16.4 Å². The third-order valence-corrected chi connectivity index (χ3v) is 4.26. The molecular weight excluding hydrogens is 285 g/mol. The Bertz CT molecular complexity index is 720. The van der Waals surface area contributed by atoms with Gasteiger partial charge in [-0.05, 0) is 37.6 Å². The van der Waals surface area contributed by atoms with Crippen LogP contribution in [0.25, 0.3) is 0 Å². The van der Waals surface area contributed by atoms with E-state index in [0.29, 0.717) is 11.3 Å². The standard InChI is InChI=1S/C12H14FN3O3S/c1-7-3-9(13)5-10(4-7)16-20(18,19)12-8(2)14-15-11(12)6-17/h3-5,16-17H,6H2,1-2H3,(H,14,15). The van der Waals surface area contributed by atoms with Crippen LogP contribution in [0.5, 0.6) is 0 Å². The fraction of sp³-hybridized carbons (Fsp3) is 0.250. The fourth-order valence-electron chi connectivity index (χ4n) is 1.93. The molecule has 6 nitrogen and oxygen atoms in total. The first-order valence-corrected chi connectivity index (χ1v) is 7.26. The summed E-state index contributed by atoms with van der Waals surface area (Å²) in [4.78, 5) is -0.123. The van der Waals surface area contributed by atoms with Crippen molar-refractivity contribution in [1.82, 2.24) is 10.2 Å². The predicted octanol–water partition coefficient (Wildman–Crippen LogP) is 1.46. The molecule has 2 aromatic rings. The molecule has 0 saturated carbocycles. The van der Waals surface area contributed by atoms with Crippen molar-refractivity contribution < 1.29 is 17.9 Å². The number of anilines is 1. The minimum absolute atomic E-state index is 0.0168. The molecule has 1 aromatic carbocycles. The van der Waals surface area contributed by atoms with Gasteiger partial charge in [0.05, 0.1) is 18.0 Å². The zero-order valence-electron chi connectivity index (χ0n) is 10.9. The van der Waals surface area contributed by atoms with E-state index in [-0.39, 0.29) is 16.3 Å². The first kappa shape index (κ1) is 14.5. The summed E-state index contributed by atoms with van der Waals surface area (Å²) in [6.45, 7) is 2.67. The highest BCUT2D eigenvalue weighted by Gasteiger charge is 2.24. The normalized spacial score (nSPS) is 11.6. The number of H-pyrrole nitrogens is 1. The smallest absolute Gasteiger partial charge is 0.265 e. The Morgan fingerprint density at radius 1 is 1.35 bits per heavy atom. The average Bonchev–Trinajstić information content (AvgIpc) is 2.69. The molecule has 0 radical (unpaired) electrons. The maximum atomic E-state index is 13.3. The van der Waals surface area contributed by atoms with E-state index in [0.717, 1.165) is 6.07 Å². The topological polar surface area (TPSA) is 95.1 Å². The first-order valence-electron chi connectivity index (χ1n) is 5.78. The molecule has 8 heteroatoms. The minimum atomic E-state index is -3.95. The summed E-state index contributed by atoms with van der Waals surface area (Å²) in [5, 5.41) is 15.3. The van der Waals surface area contributed by atoms with Crippen molar-refractivity contribution in [2.24, 2.45) is 0 Å². The molecule has 1 heterocycles. The Morgan fingerprint density at radius 2 is 2.05 bits per heavy atom. The molecule has 3 N–H and O–H groups in total. The van der Waals surface area contributed by atoms with Gasteiger partial charge in [0.25, 0.3) is 10.0 Å². The van der Waals surface area contributed by atoms with Crippen LogP contribution in [0.3, 0.4) is 0 Å². The van der Waals surface area contributed by atoms with Crippen LogP contribution in [0.1, 0.15) is 17.0 Å². The molecule has 20 heavy (non-hydrogen) atoms. The first-order chi connectivity index (χ1) is 9.33. The van der Waals surface area contributed by atoms with Crippen LogP contribution < -0.4 is 4.72 Å². The highest BCUT2D eigenvalue weighted by molar-refractivity contribution is 7.92. The van der Waals surface area contributed by atoms with Gasteiger partial charge < -0.3 is 5.11 Å². The summed E-state index contributed by atoms with van der Waals surface area (Å²) in [5.74, 6) is -0.533. The molecule has 0 saturated heterocycles. The van der Waals surface area contributed by atoms with E-state index in [1.165, 1.54) is 19.1 Å². The van der Waals surface area contributed by atoms with Crippen molar-refractivity contribution in [2.45, 2.75) is 25.3 Å². The van der Waals surface area contributed by atoms with Crippen LogP contribution in [-0.2, 0) is 16.6 Å². The molecule has 108 valence electrons. The van der Waals surface area contributed by atoms with E-state index in [1.807, 2.05) is 0 Å². The lowest BCUT2D eigenvalue weighted by Crippen LogP contribution is -2.15. The number of aliphatic hydroxyl groups is 1. The van der Waals surface area contributed by atoms with Gasteiger partial charge in [-0.15, -0.1) is 0 Å². The lowest BCUT2D eigenvalue weighted by molar-refractivity contribution is 0.273. The number of aromatic amines is 1. The van der Waals surface area contributed by atoms with Crippen molar-refractivity contribution in [3.8, 4) is 0 Å². The highest BCUT2D eigenvalue weighted by atomic mass is 32.2. The van der Waals surface area contributed by atoms with Gasteiger partial charge in [0.15, 0.2) is 0 Å². The maximum absolute atomic E-state index is 13.3. The van der Waals surface area contributed by atoms with Crippen LogP contribution >= 0.6 is 0 Å². The summed E-state index contributed by atoms with van der Waals surface area (Å²) >= 11 is 0. The second-order valence-electron chi connectivity index (χ2n) is 4.41. The zero-order valence-corrected chi connectivity index (χ0v) is 11.8. The second-order valence-corrected chi connectivity index (χ2v) is 6.02. The zero-order chi connectivity index (χ0) is 14.9. The molecule has 0 atom stereocenters. The number of benzene rings is 1. The summed E-state index contributed by atoms with van der Waals surface area (Å²) < 4.78 is 40.1. The summed E-state index contributed by atoms with van der Waals surface area (Å²) in [5.41, 5.74) is 1.03. The lowest BCUT2D eigenvalue weighted by Gasteiger charge is -2.09. The number of rotatable bonds is 4. The molecule has 0 bridgehead atoms. The lowest BCUT2D eigenvalue weighted by atomic mass is 10.2. The number of hydrogen-bond acceptors (Lipinski definition) is 4. The third-order valence-electron chi connectivity index (χ3n) is 2.67. The summed E-state index contributed by atoms with van der Waals surface area (Å²) in [7, 11) is -3.95. The van der Waals surface area contributed by atoms with Crippen molar-refractivity contribution in [3.63, 3.8) is 0 Å². The van der Waals surface area contributed by atoms with E-state index in [9.17, 15) is 12.8 Å². The Labute approximate surface area is 115 Å². The average molecular weight is 299 g/mol. The van der Waals surface area contributed by atoms with Gasteiger partial charge in [0.2, 0.25) is 0 Å². The van der Waals surface area contributed by atoms with Crippen LogP contribution in [0.2, 0.25) is 0 Å². The number of halogens is 1. The molecule has 0 amide bonds. The molecular formula is C12H14FN3O3S. The van der Waals surface area contributed by atoms with Crippen LogP contribution in [0.4, 0.5) is 10.1 Å². The fourth-order valence-corrected chi connectivity index (χ4v) is 3.33. The van der Waals surface area contributed by atoms with Crippen molar-refractivity contribution in [1.29, 1.82) is 0 Å². The predicted molar refractivity (Wildman–Crippen MR) is 71.2 cm³/mol. The number of sulfonamides is 1. The Balaban J connectivity index is 2.43. The van der Waals surface area contributed by atoms with E-state index in [2.05, 4.69) is 14.9 Å². The highest BCUT2D eigenvalue weighted by Crippen LogP contribution is 2.22. The molecule has 1 aromatic heterocycles. The van der Waals surface area contributed by atoms with E-state index >= 15 is 0 Å². The van der Waals surface area contributed by atoms with Gasteiger partial charge in [0, 0.05) is 0 Å². The van der Waals surface area contributed by atoms with Crippen LogP contribution in [0, 0.1) is 19.7 Å². The monoisotopic (exact) mass is 299 g/mol. The van der Waals surface area contributed by atoms with E-state index in [4.69, 9.17) is 5.11 Å². The molecule has 0 spiro atoms. The molecule has 0 aliphatic rings. The van der Waals surface area contributed by atoms with Gasteiger partial charge >= 0.3 is 0 Å². The molecule has 0 aliphatic carbocycles. The number of aryl methyl sites for hydroxylation is 2. The molecule has 2 rings (SSSR count). The number of hydrogen-bond donors (Lipinski definition) is 3. The van der Waals surface area contributed by atoms with Crippen LogP contribution in [-0.4, -0.2) is 23.7 Å². The van der Waals surface area contributed by atoms with Crippen LogP contribution in [0.15, 0.2) is 23.1 Å². The minimum Gasteiger partial charge on any atom is -0.390 e. The van der Waals surface area contributed by atoms with Crippen molar-refractivity contribution in [2.75, 3.05) is 4.72 Å². The summed E-state index contributed by atoms with van der Waals surface area (Å²) in [6, 6.07) is 3.88. The van der Waals surface area contributed by atoms with Crippen molar-refractivity contribution in [3.05, 3.63) is 41.0 Å². The second kappa shape index (κ2) is 5.22. The maximum Gasteiger partial charge on any atom is 0.265 e. The number of aliphatic hydroxyl groups excluding tert-OH is 1. The van der Waals surface area contributed by atoms with Gasteiger partial charge in [-0.3, -0.25) is 9.82 Å². The number of nitrogens with one attached hydrogen (secondary N) is 2. The Kier molecular flexibility index (Phi) is 3.78. The molecule has 0 unspecified atom stereocenters. The Hall–Kier alpha value is -1.93. The van der Waals surface area contributed by atoms with Gasteiger partial charge in [-0.25, -0.2) is 12.8 Å². The third kappa shape index (κ3) is 2.81. The Morgan fingerprint density at radius 3 is 2.65 bits per heavy atom. The number of aromatic nitrogens is 2. The quantitative estimate of drug-likeness (QED) is 0.796. The SMILES string of the molecule is Cc1cc(F)cc(NS(=O)(=O)c2c(CO)n[nH]c2C)c1. The van der Waals surface area contributed by atoms with Gasteiger partial charge in [-0.2, -0.15) is 5.10 Å². The molecule has 0 aliphatic heterocycles. The van der Waals surface area contributed by atoms with E-state index < -0.39 is 22.4 Å². The largest absolute Gasteiger partial charge is 0.390 e.